The molecule has 1 aromatic heterocycles. The molecule has 1 unspecified atom stereocenters. The summed E-state index contributed by atoms with van der Waals surface area (Å²) in [6.07, 6.45) is 0.798. The van der Waals surface area contributed by atoms with E-state index in [2.05, 4.69) is 25.8 Å². The predicted molar refractivity (Wildman–Crippen MR) is 209 cm³/mol. The number of fused-ring (bicyclic) bond motifs is 4. The van der Waals surface area contributed by atoms with E-state index in [0.717, 1.165) is 49.2 Å². The van der Waals surface area contributed by atoms with Crippen LogP contribution >= 0.6 is 0 Å². The fourth-order valence-corrected chi connectivity index (χ4v) is 8.32. The van der Waals surface area contributed by atoms with Gasteiger partial charge in [0.1, 0.15) is 18.1 Å². The number of H-pyrrole nitrogens is 1. The second-order valence-corrected chi connectivity index (χ2v) is 14.5. The normalized spacial score (nSPS) is 19.3. The lowest BCUT2D eigenvalue weighted by Crippen LogP contribution is -2.61. The number of nitrogens with zero attached hydrogens (tertiary/aromatic N) is 1. The molecule has 12 heteroatoms. The van der Waals surface area contributed by atoms with E-state index in [9.17, 15) is 29.7 Å². The summed E-state index contributed by atoms with van der Waals surface area (Å²) in [4.78, 5) is 42.0. The number of piperidine rings is 3. The van der Waals surface area contributed by atoms with Crippen LogP contribution in [-0.4, -0.2) is 76.5 Å². The Balaban J connectivity index is 0.925. The molecule has 3 atom stereocenters. The topological polar surface area (TPSA) is 176 Å². The number of aliphatic hydroxyl groups excluding tert-OH is 1. The summed E-state index contributed by atoms with van der Waals surface area (Å²) >= 11 is 0. The number of aromatic nitrogens is 1. The SMILES string of the molecule is O=C(O)NC(c1ccccc1)(c1cccc(OCc2ccc(C(=O)NCCCNC[C@H](O)c3ccc(O)c4[nH]c(=O)ccc34)cc2)c1)[C@H]1CN2CCC1CC2. The average molecular weight is 746 g/mol. The molecule has 12 nitrogen and oxygen atoms in total. The minimum atomic E-state index is -1.07. The largest absolute Gasteiger partial charge is 0.506 e. The number of aliphatic hydroxyl groups is 1. The molecule has 2 amide bonds. The molecule has 0 spiro atoms. The summed E-state index contributed by atoms with van der Waals surface area (Å²) in [7, 11) is 0. The van der Waals surface area contributed by atoms with Crippen LogP contribution in [0.2, 0.25) is 0 Å². The predicted octanol–water partition coefficient (Wildman–Crippen LogP) is 5.11. The summed E-state index contributed by atoms with van der Waals surface area (Å²) in [6, 6.07) is 30.9. The third kappa shape index (κ3) is 8.36. The zero-order valence-electron chi connectivity index (χ0n) is 30.5. The third-order valence-electron chi connectivity index (χ3n) is 11.1. The van der Waals surface area contributed by atoms with Crippen molar-refractivity contribution in [1.29, 1.82) is 0 Å². The fraction of sp³-hybridized carbons (Fsp3) is 0.326. The number of phenolic OH excluding ortho intramolecular Hbond substituents is 1. The van der Waals surface area contributed by atoms with E-state index < -0.39 is 17.7 Å². The van der Waals surface area contributed by atoms with E-state index in [-0.39, 0.29) is 41.8 Å². The van der Waals surface area contributed by atoms with Crippen LogP contribution in [0, 0.1) is 11.8 Å². The van der Waals surface area contributed by atoms with E-state index in [1.165, 1.54) is 12.1 Å². The van der Waals surface area contributed by atoms with Crippen molar-refractivity contribution in [3.05, 3.63) is 141 Å². The molecule has 2 bridgehead atoms. The maximum atomic E-state index is 12.8. The lowest BCUT2D eigenvalue weighted by Gasteiger charge is -2.53. The van der Waals surface area contributed by atoms with Gasteiger partial charge in [-0.2, -0.15) is 0 Å². The first-order valence-electron chi connectivity index (χ1n) is 18.8. The molecule has 0 radical (unpaired) electrons. The molecule has 4 aromatic carbocycles. The molecule has 3 aliphatic rings. The van der Waals surface area contributed by atoms with Crippen LogP contribution in [0.1, 0.15) is 58.0 Å². The molecule has 0 aliphatic carbocycles. The molecule has 3 fully saturated rings. The van der Waals surface area contributed by atoms with Gasteiger partial charge >= 0.3 is 6.09 Å². The van der Waals surface area contributed by atoms with Gasteiger partial charge in [-0.1, -0.05) is 60.7 Å². The van der Waals surface area contributed by atoms with Gasteiger partial charge in [-0.3, -0.25) is 9.59 Å². The molecule has 5 aromatic rings. The Bertz CT molecular complexity index is 2170. The van der Waals surface area contributed by atoms with E-state index in [1.807, 2.05) is 66.7 Å². The monoisotopic (exact) mass is 745 g/mol. The molecule has 286 valence electrons. The van der Waals surface area contributed by atoms with Crippen molar-refractivity contribution in [2.45, 2.75) is 37.5 Å². The molecule has 8 rings (SSSR count). The quantitative estimate of drug-likeness (QED) is 0.0719. The van der Waals surface area contributed by atoms with Crippen molar-refractivity contribution in [2.75, 3.05) is 39.3 Å². The van der Waals surface area contributed by atoms with E-state index >= 15 is 0 Å². The van der Waals surface area contributed by atoms with Crippen molar-refractivity contribution in [2.24, 2.45) is 11.8 Å². The number of hydrogen-bond donors (Lipinski definition) is 7. The fourth-order valence-electron chi connectivity index (χ4n) is 8.32. The number of aromatic hydroxyl groups is 1. The number of aromatic amines is 1. The second-order valence-electron chi connectivity index (χ2n) is 14.5. The second kappa shape index (κ2) is 16.8. The number of nitrogens with one attached hydrogen (secondary N) is 4. The van der Waals surface area contributed by atoms with Crippen LogP contribution in [0.15, 0.2) is 108 Å². The molecule has 3 saturated heterocycles. The zero-order chi connectivity index (χ0) is 38.4. The Morgan fingerprint density at radius 2 is 1.67 bits per heavy atom. The van der Waals surface area contributed by atoms with Gasteiger partial charge in [0.15, 0.2) is 0 Å². The summed E-state index contributed by atoms with van der Waals surface area (Å²) < 4.78 is 6.26. The lowest BCUT2D eigenvalue weighted by molar-refractivity contribution is 0.00716. The van der Waals surface area contributed by atoms with Crippen molar-refractivity contribution in [1.82, 2.24) is 25.8 Å². The first-order chi connectivity index (χ1) is 26.7. The van der Waals surface area contributed by atoms with Gasteiger partial charge in [-0.25, -0.2) is 4.79 Å². The van der Waals surface area contributed by atoms with Gasteiger partial charge in [0.05, 0.1) is 17.2 Å². The van der Waals surface area contributed by atoms with E-state index in [4.69, 9.17) is 4.74 Å². The van der Waals surface area contributed by atoms with Gasteiger partial charge < -0.3 is 45.9 Å². The van der Waals surface area contributed by atoms with Gasteiger partial charge in [0.25, 0.3) is 5.91 Å². The van der Waals surface area contributed by atoms with E-state index in [1.54, 1.807) is 24.3 Å². The molecule has 7 N–H and O–H groups in total. The number of ether oxygens (including phenoxy) is 1. The maximum Gasteiger partial charge on any atom is 0.405 e. The number of hydrogen-bond acceptors (Lipinski definition) is 8. The molecule has 0 saturated carbocycles. The Hall–Kier alpha value is -5.69. The maximum absolute atomic E-state index is 12.8. The number of benzene rings is 4. The number of rotatable bonds is 15. The van der Waals surface area contributed by atoms with Crippen LogP contribution in [0.3, 0.4) is 0 Å². The van der Waals surface area contributed by atoms with Crippen LogP contribution in [-0.2, 0) is 12.1 Å². The van der Waals surface area contributed by atoms with Crippen LogP contribution < -0.4 is 26.2 Å². The minimum absolute atomic E-state index is 0.0547. The molecule has 3 aliphatic heterocycles. The summed E-state index contributed by atoms with van der Waals surface area (Å²) in [6.45, 7) is 4.42. The number of phenols is 1. The van der Waals surface area contributed by atoms with Crippen molar-refractivity contribution in [3.63, 3.8) is 0 Å². The summed E-state index contributed by atoms with van der Waals surface area (Å²) in [5.74, 6) is 0.819. The first kappa shape index (κ1) is 37.6. The van der Waals surface area contributed by atoms with E-state index in [0.29, 0.717) is 47.7 Å². The lowest BCUT2D eigenvalue weighted by atomic mass is 9.63. The smallest absolute Gasteiger partial charge is 0.405 e. The summed E-state index contributed by atoms with van der Waals surface area (Å²) in [5, 5.41) is 40.8. The Morgan fingerprint density at radius 1 is 0.909 bits per heavy atom. The Labute approximate surface area is 319 Å². The number of pyridine rings is 1. The Morgan fingerprint density at radius 3 is 2.40 bits per heavy atom. The standard InChI is InChI=1S/C43H47N5O7/c49-37-16-14-34(35-15-17-39(51)46-40(35)37)38(50)25-44-20-5-21-45-41(52)30-12-10-28(11-13-30)27-55-33-9-4-8-32(24-33)43(47-42(53)54,31-6-2-1-3-7-31)36-26-48-22-18-29(36)19-23-48/h1-4,6-17,24,29,36,38,44,47,49-50H,5,18-23,25-27H2,(H,45,52)(H,46,51)(H,53,54)/t36-,38-,43?/m0/s1. The van der Waals surface area contributed by atoms with Crippen molar-refractivity contribution >= 4 is 22.9 Å². The highest BCUT2D eigenvalue weighted by molar-refractivity contribution is 5.94. The van der Waals surface area contributed by atoms with Gasteiger partial charge in [0, 0.05) is 42.6 Å². The molecule has 55 heavy (non-hydrogen) atoms. The van der Waals surface area contributed by atoms with Crippen LogP contribution in [0.4, 0.5) is 4.79 Å². The highest BCUT2D eigenvalue weighted by Crippen LogP contribution is 2.47. The zero-order valence-corrected chi connectivity index (χ0v) is 30.5. The van der Waals surface area contributed by atoms with Gasteiger partial charge in [0.2, 0.25) is 5.56 Å². The number of carbonyl (C=O) groups excluding carboxylic acids is 1. The van der Waals surface area contributed by atoms with Gasteiger partial charge in [-0.15, -0.1) is 0 Å². The average Bonchev–Trinajstić information content (AvgIpc) is 3.21. The molecular formula is C43H47N5O7. The minimum Gasteiger partial charge on any atom is -0.506 e. The molecule has 4 heterocycles. The van der Waals surface area contributed by atoms with Crippen LogP contribution in [0.5, 0.6) is 11.5 Å². The highest BCUT2D eigenvalue weighted by atomic mass is 16.5. The van der Waals surface area contributed by atoms with Crippen molar-refractivity contribution < 1.29 is 29.6 Å². The number of amides is 2. The molecular weight excluding hydrogens is 699 g/mol. The van der Waals surface area contributed by atoms with Gasteiger partial charge in [-0.05, 0) is 103 Å². The highest BCUT2D eigenvalue weighted by Gasteiger charge is 2.50. The first-order valence-corrected chi connectivity index (χ1v) is 18.8. The summed E-state index contributed by atoms with van der Waals surface area (Å²) in [5.41, 5.74) is 2.76. The van der Waals surface area contributed by atoms with Crippen LogP contribution in [0.25, 0.3) is 10.9 Å². The number of carboxylic acid groups (broad SMARTS) is 1. The number of carbonyl (C=O) groups is 2. The Kier molecular flexibility index (Phi) is 11.5. The van der Waals surface area contributed by atoms with Crippen molar-refractivity contribution in [3.8, 4) is 11.5 Å². The third-order valence-corrected chi connectivity index (χ3v) is 11.1.